The highest BCUT2D eigenvalue weighted by atomic mass is 16.5. The van der Waals surface area contributed by atoms with Crippen LogP contribution in [0.3, 0.4) is 0 Å². The van der Waals surface area contributed by atoms with Crippen LogP contribution in [0.5, 0.6) is 5.75 Å². The maximum Gasteiger partial charge on any atom is 0.191 e. The first-order valence-corrected chi connectivity index (χ1v) is 11.1. The molecule has 1 unspecified atom stereocenters. The van der Waals surface area contributed by atoms with Gasteiger partial charge in [0.15, 0.2) is 5.96 Å². The van der Waals surface area contributed by atoms with E-state index in [4.69, 9.17) is 9.47 Å². The highest BCUT2D eigenvalue weighted by molar-refractivity contribution is 5.79. The summed E-state index contributed by atoms with van der Waals surface area (Å²) in [6.07, 6.45) is 3.17. The lowest BCUT2D eigenvalue weighted by Gasteiger charge is -2.18. The van der Waals surface area contributed by atoms with Crippen molar-refractivity contribution < 1.29 is 9.47 Å². The molecule has 6 heteroatoms. The highest BCUT2D eigenvalue weighted by Gasteiger charge is 2.18. The summed E-state index contributed by atoms with van der Waals surface area (Å²) in [5.41, 5.74) is 4.90. The van der Waals surface area contributed by atoms with Crippen LogP contribution in [0.25, 0.3) is 0 Å². The maximum absolute atomic E-state index is 6.20. The number of aliphatic imine (C=N–C) groups is 1. The van der Waals surface area contributed by atoms with Crippen LogP contribution in [0.15, 0.2) is 47.5 Å². The van der Waals surface area contributed by atoms with E-state index in [1.165, 1.54) is 16.8 Å². The third-order valence-electron chi connectivity index (χ3n) is 5.46. The van der Waals surface area contributed by atoms with Gasteiger partial charge in [-0.15, -0.1) is 0 Å². The summed E-state index contributed by atoms with van der Waals surface area (Å²) in [6, 6.07) is 15.1. The molecule has 3 rings (SSSR count). The van der Waals surface area contributed by atoms with Crippen molar-refractivity contribution in [3.63, 3.8) is 0 Å². The Labute approximate surface area is 186 Å². The molecule has 2 aromatic carbocycles. The van der Waals surface area contributed by atoms with Gasteiger partial charge >= 0.3 is 0 Å². The number of hydrogen-bond acceptors (Lipinski definition) is 4. The SMILES string of the molecule is CN=C(NCCCc1ccc(N(C)C)cc1)NCc1ccc(C)cc1OC1CCOC1. The highest BCUT2D eigenvalue weighted by Crippen LogP contribution is 2.23. The smallest absolute Gasteiger partial charge is 0.191 e. The van der Waals surface area contributed by atoms with E-state index in [0.29, 0.717) is 13.2 Å². The predicted octanol–water partition coefficient (Wildman–Crippen LogP) is 3.53. The predicted molar refractivity (Wildman–Crippen MR) is 128 cm³/mol. The van der Waals surface area contributed by atoms with E-state index in [1.54, 1.807) is 7.05 Å². The lowest BCUT2D eigenvalue weighted by atomic mass is 10.1. The van der Waals surface area contributed by atoms with Crippen LogP contribution in [0.2, 0.25) is 0 Å². The van der Waals surface area contributed by atoms with Gasteiger partial charge in [0.25, 0.3) is 0 Å². The van der Waals surface area contributed by atoms with Gasteiger partial charge in [0.05, 0.1) is 13.2 Å². The largest absolute Gasteiger partial charge is 0.488 e. The minimum absolute atomic E-state index is 0.143. The number of hydrogen-bond donors (Lipinski definition) is 2. The van der Waals surface area contributed by atoms with Gasteiger partial charge in [0.2, 0.25) is 0 Å². The molecule has 0 saturated carbocycles. The molecule has 1 saturated heterocycles. The van der Waals surface area contributed by atoms with E-state index in [-0.39, 0.29) is 6.10 Å². The van der Waals surface area contributed by atoms with E-state index >= 15 is 0 Å². The van der Waals surface area contributed by atoms with Crippen LogP contribution in [-0.4, -0.2) is 53.0 Å². The molecular formula is C25H36N4O2. The third kappa shape index (κ3) is 7.17. The summed E-state index contributed by atoms with van der Waals surface area (Å²) in [5, 5.41) is 6.82. The Balaban J connectivity index is 1.45. The number of rotatable bonds is 9. The molecule has 1 aliphatic heterocycles. The van der Waals surface area contributed by atoms with Crippen LogP contribution in [0.1, 0.15) is 29.5 Å². The number of benzene rings is 2. The third-order valence-corrected chi connectivity index (χ3v) is 5.46. The fraction of sp³-hybridized carbons (Fsp3) is 0.480. The second-order valence-corrected chi connectivity index (χ2v) is 8.23. The van der Waals surface area contributed by atoms with Crippen LogP contribution in [0, 0.1) is 6.92 Å². The van der Waals surface area contributed by atoms with Crippen molar-refractivity contribution in [2.75, 3.05) is 45.8 Å². The molecule has 1 fully saturated rings. The molecule has 0 aliphatic carbocycles. The normalized spacial score (nSPS) is 16.3. The van der Waals surface area contributed by atoms with Crippen LogP contribution in [0.4, 0.5) is 5.69 Å². The molecule has 2 aromatic rings. The number of guanidine groups is 1. The van der Waals surface area contributed by atoms with Gasteiger partial charge in [-0.3, -0.25) is 4.99 Å². The monoisotopic (exact) mass is 424 g/mol. The molecule has 0 aromatic heterocycles. The van der Waals surface area contributed by atoms with Gasteiger partial charge in [-0.1, -0.05) is 24.3 Å². The Bertz CT molecular complexity index is 843. The zero-order valence-electron chi connectivity index (χ0n) is 19.3. The summed E-state index contributed by atoms with van der Waals surface area (Å²) >= 11 is 0. The van der Waals surface area contributed by atoms with Crippen molar-refractivity contribution in [3.8, 4) is 5.75 Å². The molecule has 1 aliphatic rings. The molecule has 0 bridgehead atoms. The first kappa shape index (κ1) is 22.9. The Morgan fingerprint density at radius 2 is 1.97 bits per heavy atom. The van der Waals surface area contributed by atoms with Gasteiger partial charge in [-0.25, -0.2) is 0 Å². The minimum atomic E-state index is 0.143. The van der Waals surface area contributed by atoms with Crippen molar-refractivity contribution in [3.05, 3.63) is 59.2 Å². The van der Waals surface area contributed by atoms with E-state index < -0.39 is 0 Å². The standard InChI is InChI=1S/C25H36N4O2/c1-19-7-10-21(24(16-19)31-23-13-15-30-18-23)17-28-25(26-2)27-14-5-6-20-8-11-22(12-9-20)29(3)4/h7-12,16,23H,5-6,13-15,17-18H2,1-4H3,(H2,26,27,28). The molecule has 0 amide bonds. The summed E-state index contributed by atoms with van der Waals surface area (Å²) in [4.78, 5) is 6.48. The topological polar surface area (TPSA) is 58.1 Å². The first-order valence-electron chi connectivity index (χ1n) is 11.1. The van der Waals surface area contributed by atoms with E-state index in [9.17, 15) is 0 Å². The zero-order valence-corrected chi connectivity index (χ0v) is 19.3. The first-order chi connectivity index (χ1) is 15.0. The Kier molecular flexibility index (Phi) is 8.59. The summed E-state index contributed by atoms with van der Waals surface area (Å²) in [5.74, 6) is 1.73. The second-order valence-electron chi connectivity index (χ2n) is 8.23. The quantitative estimate of drug-likeness (QED) is 0.366. The average Bonchev–Trinajstić information content (AvgIpc) is 3.28. The summed E-state index contributed by atoms with van der Waals surface area (Å²) < 4.78 is 11.6. The lowest BCUT2D eigenvalue weighted by Crippen LogP contribution is -2.37. The fourth-order valence-corrected chi connectivity index (χ4v) is 3.56. The summed E-state index contributed by atoms with van der Waals surface area (Å²) in [6.45, 7) is 5.06. The van der Waals surface area contributed by atoms with Crippen molar-refractivity contribution in [2.45, 2.75) is 38.8 Å². The molecule has 0 radical (unpaired) electrons. The number of ether oxygens (including phenoxy) is 2. The van der Waals surface area contributed by atoms with Crippen molar-refractivity contribution >= 4 is 11.6 Å². The number of anilines is 1. The number of nitrogens with one attached hydrogen (secondary N) is 2. The van der Waals surface area contributed by atoms with E-state index in [1.807, 2.05) is 0 Å². The van der Waals surface area contributed by atoms with Gasteiger partial charge in [0.1, 0.15) is 11.9 Å². The fourth-order valence-electron chi connectivity index (χ4n) is 3.56. The molecular weight excluding hydrogens is 388 g/mol. The molecule has 1 atom stereocenters. The Hall–Kier alpha value is -2.73. The molecule has 1 heterocycles. The minimum Gasteiger partial charge on any atom is -0.488 e. The molecule has 2 N–H and O–H groups in total. The number of aryl methyl sites for hydroxylation is 2. The van der Waals surface area contributed by atoms with E-state index in [0.717, 1.165) is 49.7 Å². The van der Waals surface area contributed by atoms with Gasteiger partial charge in [-0.2, -0.15) is 0 Å². The molecule has 0 spiro atoms. The van der Waals surface area contributed by atoms with Crippen LogP contribution < -0.4 is 20.3 Å². The average molecular weight is 425 g/mol. The maximum atomic E-state index is 6.20. The van der Waals surface area contributed by atoms with Crippen molar-refractivity contribution in [2.24, 2.45) is 4.99 Å². The van der Waals surface area contributed by atoms with Gasteiger partial charge < -0.3 is 25.0 Å². The second kappa shape index (κ2) is 11.6. The van der Waals surface area contributed by atoms with Gasteiger partial charge in [0, 0.05) is 51.9 Å². The zero-order chi connectivity index (χ0) is 22.1. The molecule has 31 heavy (non-hydrogen) atoms. The lowest BCUT2D eigenvalue weighted by molar-refractivity contribution is 0.140. The molecule has 6 nitrogen and oxygen atoms in total. The van der Waals surface area contributed by atoms with Crippen LogP contribution >= 0.6 is 0 Å². The van der Waals surface area contributed by atoms with Crippen molar-refractivity contribution in [1.82, 2.24) is 10.6 Å². The Morgan fingerprint density at radius 1 is 1.16 bits per heavy atom. The van der Waals surface area contributed by atoms with E-state index in [2.05, 4.69) is 84.0 Å². The number of nitrogens with zero attached hydrogens (tertiary/aromatic N) is 2. The van der Waals surface area contributed by atoms with Gasteiger partial charge in [-0.05, 0) is 49.1 Å². The molecule has 168 valence electrons. The van der Waals surface area contributed by atoms with Crippen LogP contribution in [-0.2, 0) is 17.7 Å². The van der Waals surface area contributed by atoms with Crippen molar-refractivity contribution in [1.29, 1.82) is 0 Å². The Morgan fingerprint density at radius 3 is 2.65 bits per heavy atom. The summed E-state index contributed by atoms with van der Waals surface area (Å²) in [7, 11) is 5.93.